The number of hydrogen-bond donors (Lipinski definition) is 0. The van der Waals surface area contributed by atoms with Gasteiger partial charge in [0.25, 0.3) is 5.91 Å². The number of thiocarbonyl (C=S) groups is 1. The number of carbonyl (C=O) groups excluding carboxylic acids is 1. The molecule has 3 nitrogen and oxygen atoms in total. The monoisotopic (exact) mass is 456 g/mol. The van der Waals surface area contributed by atoms with Crippen molar-refractivity contribution >= 4 is 72.8 Å². The lowest BCUT2D eigenvalue weighted by Crippen LogP contribution is -2.27. The summed E-state index contributed by atoms with van der Waals surface area (Å²) in [7, 11) is 0. The Kier molecular flexibility index (Phi) is 4.97. The summed E-state index contributed by atoms with van der Waals surface area (Å²) in [5.74, 6) is -0.0753. The normalized spacial score (nSPS) is 16.3. The zero-order valence-corrected chi connectivity index (χ0v) is 18.1. The van der Waals surface area contributed by atoms with E-state index in [1.165, 1.54) is 17.3 Å². The van der Waals surface area contributed by atoms with Crippen molar-refractivity contribution in [3.05, 3.63) is 69.7 Å². The number of amides is 1. The number of fused-ring (bicyclic) bond motifs is 1. The Bertz CT molecular complexity index is 1080. The molecule has 0 atom stereocenters. The van der Waals surface area contributed by atoms with E-state index in [1.54, 1.807) is 4.90 Å². The molecule has 2 heterocycles. The second-order valence-electron chi connectivity index (χ2n) is 6.60. The second-order valence-corrected chi connectivity index (χ2v) is 9.19. The van der Waals surface area contributed by atoms with Gasteiger partial charge in [-0.1, -0.05) is 58.1 Å². The smallest absolute Gasteiger partial charge is 0.270 e. The van der Waals surface area contributed by atoms with E-state index >= 15 is 0 Å². The van der Waals surface area contributed by atoms with Gasteiger partial charge in [0.2, 0.25) is 0 Å². The number of benzene rings is 2. The lowest BCUT2D eigenvalue weighted by molar-refractivity contribution is -0.113. The summed E-state index contributed by atoms with van der Waals surface area (Å²) in [4.78, 5) is 15.3. The summed E-state index contributed by atoms with van der Waals surface area (Å²) in [6.45, 7) is 4.31. The number of anilines is 1. The Hall–Kier alpha value is -1.89. The van der Waals surface area contributed by atoms with Crippen molar-refractivity contribution in [3.8, 4) is 0 Å². The van der Waals surface area contributed by atoms with Gasteiger partial charge in [0.1, 0.15) is 0 Å². The van der Waals surface area contributed by atoms with Gasteiger partial charge in [0.15, 0.2) is 4.32 Å². The number of hydrogen-bond acceptors (Lipinski definition) is 3. The van der Waals surface area contributed by atoms with Gasteiger partial charge in [0.05, 0.1) is 10.6 Å². The molecule has 1 aromatic heterocycles. The van der Waals surface area contributed by atoms with Crippen LogP contribution in [0.4, 0.5) is 5.69 Å². The topological polar surface area (TPSA) is 25.2 Å². The molecule has 0 aliphatic carbocycles. The van der Waals surface area contributed by atoms with Gasteiger partial charge < -0.3 is 4.57 Å². The Morgan fingerprint density at radius 3 is 2.52 bits per heavy atom. The minimum Gasteiger partial charge on any atom is -0.344 e. The van der Waals surface area contributed by atoms with Crippen LogP contribution in [0.5, 0.6) is 0 Å². The van der Waals surface area contributed by atoms with Gasteiger partial charge in [0, 0.05) is 33.2 Å². The maximum Gasteiger partial charge on any atom is 0.270 e. The largest absolute Gasteiger partial charge is 0.344 e. The van der Waals surface area contributed by atoms with Crippen molar-refractivity contribution in [1.82, 2.24) is 4.57 Å². The molecule has 1 fully saturated rings. The molecule has 0 bridgehead atoms. The highest BCUT2D eigenvalue weighted by molar-refractivity contribution is 9.10. The molecular formula is C21H17BrN2OS2. The summed E-state index contributed by atoms with van der Waals surface area (Å²) < 4.78 is 3.76. The Morgan fingerprint density at radius 1 is 1.11 bits per heavy atom. The van der Waals surface area contributed by atoms with Crippen LogP contribution < -0.4 is 4.90 Å². The maximum atomic E-state index is 13.0. The third-order valence-electron chi connectivity index (χ3n) is 4.49. The Balaban J connectivity index is 1.75. The first kappa shape index (κ1) is 18.5. The highest BCUT2D eigenvalue weighted by Crippen LogP contribution is 2.37. The first-order chi connectivity index (χ1) is 13.0. The number of rotatable bonds is 3. The van der Waals surface area contributed by atoms with Crippen molar-refractivity contribution in [2.45, 2.75) is 19.9 Å². The number of thioether (sulfide) groups is 1. The lowest BCUT2D eigenvalue weighted by Gasteiger charge is -2.14. The van der Waals surface area contributed by atoms with Crippen LogP contribution in [0.15, 0.2) is 64.1 Å². The minimum atomic E-state index is -0.0753. The molecule has 0 saturated carbocycles. The lowest BCUT2D eigenvalue weighted by atomic mass is 10.1. The first-order valence-corrected chi connectivity index (χ1v) is 10.6. The third-order valence-corrected chi connectivity index (χ3v) is 6.32. The van der Waals surface area contributed by atoms with E-state index in [2.05, 4.69) is 52.7 Å². The van der Waals surface area contributed by atoms with Crippen LogP contribution in [-0.2, 0) is 4.79 Å². The molecule has 2 aromatic carbocycles. The van der Waals surface area contributed by atoms with Gasteiger partial charge in [-0.15, -0.1) is 0 Å². The van der Waals surface area contributed by atoms with Gasteiger partial charge in [-0.3, -0.25) is 9.69 Å². The van der Waals surface area contributed by atoms with E-state index in [-0.39, 0.29) is 5.91 Å². The maximum absolute atomic E-state index is 13.0. The molecular weight excluding hydrogens is 440 g/mol. The first-order valence-electron chi connectivity index (χ1n) is 8.59. The number of para-hydroxylation sites is 1. The van der Waals surface area contributed by atoms with Crippen molar-refractivity contribution in [2.75, 3.05) is 4.90 Å². The molecule has 1 amide bonds. The highest BCUT2D eigenvalue weighted by atomic mass is 79.9. The molecule has 4 rings (SSSR count). The zero-order chi connectivity index (χ0) is 19.1. The number of carbonyl (C=O) groups is 1. The summed E-state index contributed by atoms with van der Waals surface area (Å²) in [5, 5.41) is 1.14. The number of halogens is 1. The molecule has 1 saturated heterocycles. The van der Waals surface area contributed by atoms with E-state index in [0.29, 0.717) is 15.3 Å². The predicted molar refractivity (Wildman–Crippen MR) is 122 cm³/mol. The fourth-order valence-corrected chi connectivity index (χ4v) is 4.75. The molecule has 6 heteroatoms. The standard InChI is InChI=1S/C21H17BrN2OS2/c1-13(2)23-12-14(17-5-3-4-6-18(17)23)11-19-20(25)24(21(26)27-19)16-9-7-15(22)8-10-16/h3-13H,1-2H3/b19-11+. The molecule has 0 spiro atoms. The van der Waals surface area contributed by atoms with Crippen molar-refractivity contribution in [3.63, 3.8) is 0 Å². The third kappa shape index (κ3) is 3.37. The van der Waals surface area contributed by atoms with Crippen LogP contribution in [0.3, 0.4) is 0 Å². The van der Waals surface area contributed by atoms with E-state index in [4.69, 9.17) is 12.2 Å². The summed E-state index contributed by atoms with van der Waals surface area (Å²) in [6, 6.07) is 16.2. The van der Waals surface area contributed by atoms with E-state index < -0.39 is 0 Å². The minimum absolute atomic E-state index is 0.0753. The van der Waals surface area contributed by atoms with E-state index in [9.17, 15) is 4.79 Å². The Labute approximate surface area is 176 Å². The van der Waals surface area contributed by atoms with Crippen LogP contribution in [0.2, 0.25) is 0 Å². The van der Waals surface area contributed by atoms with Gasteiger partial charge in [-0.05, 0) is 50.3 Å². The molecule has 0 unspecified atom stereocenters. The zero-order valence-electron chi connectivity index (χ0n) is 14.8. The van der Waals surface area contributed by atoms with Crippen molar-refractivity contribution < 1.29 is 4.79 Å². The van der Waals surface area contributed by atoms with Crippen LogP contribution in [-0.4, -0.2) is 14.8 Å². The van der Waals surface area contributed by atoms with Crippen LogP contribution in [0.1, 0.15) is 25.5 Å². The SMILES string of the molecule is CC(C)n1cc(/C=C2/SC(=S)N(c3ccc(Br)cc3)C2=O)c2ccccc21. The van der Waals surface area contributed by atoms with Gasteiger partial charge in [-0.25, -0.2) is 0 Å². The van der Waals surface area contributed by atoms with E-state index in [1.807, 2.05) is 42.5 Å². The average Bonchev–Trinajstić information content (AvgIpc) is 3.15. The van der Waals surface area contributed by atoms with E-state index in [0.717, 1.165) is 21.1 Å². The molecule has 3 aromatic rings. The Morgan fingerprint density at radius 2 is 1.81 bits per heavy atom. The molecule has 0 N–H and O–H groups in total. The van der Waals surface area contributed by atoms with Gasteiger partial charge >= 0.3 is 0 Å². The molecule has 0 radical (unpaired) electrons. The number of aromatic nitrogens is 1. The van der Waals surface area contributed by atoms with Gasteiger partial charge in [-0.2, -0.15) is 0 Å². The van der Waals surface area contributed by atoms with Crippen molar-refractivity contribution in [1.29, 1.82) is 0 Å². The summed E-state index contributed by atoms with van der Waals surface area (Å²) in [6.07, 6.45) is 4.07. The highest BCUT2D eigenvalue weighted by Gasteiger charge is 2.33. The van der Waals surface area contributed by atoms with Crippen LogP contribution in [0, 0.1) is 0 Å². The molecule has 1 aliphatic rings. The summed E-state index contributed by atoms with van der Waals surface area (Å²) in [5.41, 5.74) is 2.99. The molecule has 27 heavy (non-hydrogen) atoms. The van der Waals surface area contributed by atoms with Crippen LogP contribution >= 0.6 is 39.9 Å². The number of nitrogens with zero attached hydrogens (tertiary/aromatic N) is 2. The summed E-state index contributed by atoms with van der Waals surface area (Å²) >= 11 is 10.3. The van der Waals surface area contributed by atoms with Crippen molar-refractivity contribution in [2.24, 2.45) is 0 Å². The average molecular weight is 457 g/mol. The van der Waals surface area contributed by atoms with Crippen LogP contribution in [0.25, 0.3) is 17.0 Å². The molecule has 1 aliphatic heterocycles. The quantitative estimate of drug-likeness (QED) is 0.337. The predicted octanol–water partition coefficient (Wildman–Crippen LogP) is 6.39. The fraction of sp³-hybridized carbons (Fsp3) is 0.143. The fourth-order valence-electron chi connectivity index (χ4n) is 3.20. The second kappa shape index (κ2) is 7.26. The molecule has 136 valence electrons.